The van der Waals surface area contributed by atoms with Gasteiger partial charge in [-0.15, -0.1) is 0 Å². The SMILES string of the molecule is Cn1c2cc3nc(cc4ccc(cc5nc(cc1CC2)C=C5)[nH]4)C=C3. The van der Waals surface area contributed by atoms with Gasteiger partial charge in [0, 0.05) is 29.5 Å². The van der Waals surface area contributed by atoms with Gasteiger partial charge in [-0.25, -0.2) is 9.97 Å². The maximum absolute atomic E-state index is 4.72. The van der Waals surface area contributed by atoms with Crippen molar-refractivity contribution >= 4 is 35.3 Å². The first-order valence-corrected chi connectivity index (χ1v) is 8.54. The van der Waals surface area contributed by atoms with Crippen molar-refractivity contribution in [3.8, 4) is 0 Å². The number of H-pyrrole nitrogens is 1. The number of rotatable bonds is 0. The molecule has 0 radical (unpaired) electrons. The zero-order valence-corrected chi connectivity index (χ0v) is 14.0. The summed E-state index contributed by atoms with van der Waals surface area (Å²) in [4.78, 5) is 12.8. The second-order valence-corrected chi connectivity index (χ2v) is 6.58. The van der Waals surface area contributed by atoms with Gasteiger partial charge in [-0.05, 0) is 73.5 Å². The third-order valence-electron chi connectivity index (χ3n) is 4.83. The molecular formula is C21H18N4. The summed E-state index contributed by atoms with van der Waals surface area (Å²) in [6, 6.07) is 12.6. The smallest absolute Gasteiger partial charge is 0.0658 e. The van der Waals surface area contributed by atoms with Crippen LogP contribution in [0.15, 0.2) is 36.4 Å². The number of aromatic amines is 1. The molecule has 3 aliphatic heterocycles. The summed E-state index contributed by atoms with van der Waals surface area (Å²) >= 11 is 0. The highest BCUT2D eigenvalue weighted by molar-refractivity contribution is 5.75. The normalized spacial score (nSPS) is 14.0. The summed E-state index contributed by atoms with van der Waals surface area (Å²) in [5.74, 6) is 0. The predicted octanol–water partition coefficient (Wildman–Crippen LogP) is 4.17. The van der Waals surface area contributed by atoms with E-state index < -0.39 is 0 Å². The summed E-state index contributed by atoms with van der Waals surface area (Å²) in [6.45, 7) is 0. The van der Waals surface area contributed by atoms with Crippen LogP contribution in [0.4, 0.5) is 0 Å². The number of aryl methyl sites for hydroxylation is 2. The van der Waals surface area contributed by atoms with Crippen LogP contribution < -0.4 is 0 Å². The molecule has 0 fully saturated rings. The number of nitrogens with zero attached hydrogens (tertiary/aromatic N) is 3. The van der Waals surface area contributed by atoms with Gasteiger partial charge in [0.25, 0.3) is 0 Å². The van der Waals surface area contributed by atoms with Crippen molar-refractivity contribution in [2.75, 3.05) is 0 Å². The van der Waals surface area contributed by atoms with Crippen LogP contribution in [-0.2, 0) is 19.9 Å². The average molecular weight is 326 g/mol. The minimum Gasteiger partial charge on any atom is -0.355 e. The Morgan fingerprint density at radius 2 is 1.16 bits per heavy atom. The molecule has 0 aliphatic carbocycles. The average Bonchev–Trinajstić information content (AvgIpc) is 3.36. The molecule has 0 atom stereocenters. The number of nitrogens with one attached hydrogen (secondary N) is 1. The molecule has 122 valence electrons. The highest BCUT2D eigenvalue weighted by Gasteiger charge is 2.11. The molecule has 0 unspecified atom stereocenters. The Labute approximate surface area is 145 Å². The molecule has 0 aromatic carbocycles. The Morgan fingerprint density at radius 1 is 0.720 bits per heavy atom. The lowest BCUT2D eigenvalue weighted by atomic mass is 10.2. The molecule has 4 heteroatoms. The lowest BCUT2D eigenvalue weighted by Gasteiger charge is -1.99. The van der Waals surface area contributed by atoms with Crippen molar-refractivity contribution in [2.45, 2.75) is 12.8 Å². The Kier molecular flexibility index (Phi) is 3.10. The van der Waals surface area contributed by atoms with Gasteiger partial charge in [0.1, 0.15) is 0 Å². The van der Waals surface area contributed by atoms with Crippen LogP contribution in [0.5, 0.6) is 0 Å². The molecule has 8 bridgehead atoms. The van der Waals surface area contributed by atoms with E-state index in [0.29, 0.717) is 0 Å². The largest absolute Gasteiger partial charge is 0.355 e. The summed E-state index contributed by atoms with van der Waals surface area (Å²) < 4.78 is 2.26. The van der Waals surface area contributed by atoms with Crippen molar-refractivity contribution in [1.82, 2.24) is 19.5 Å². The maximum Gasteiger partial charge on any atom is 0.0658 e. The molecule has 0 saturated carbocycles. The maximum atomic E-state index is 4.72. The molecule has 3 aliphatic rings. The van der Waals surface area contributed by atoms with E-state index in [4.69, 9.17) is 9.97 Å². The summed E-state index contributed by atoms with van der Waals surface area (Å²) in [5.41, 5.74) is 8.63. The molecule has 5 heterocycles. The molecule has 2 aromatic heterocycles. The molecule has 4 nitrogen and oxygen atoms in total. The second kappa shape index (κ2) is 5.45. The van der Waals surface area contributed by atoms with Gasteiger partial charge in [-0.2, -0.15) is 0 Å². The molecule has 2 aromatic rings. The molecular weight excluding hydrogens is 308 g/mol. The standard InChI is InChI=1S/C21H18N4/c1-25-20-8-9-21(25)13-19-7-5-17(24-19)11-15-3-2-14(22-15)10-16-4-6-18(12-20)23-16/h2-7,10-13,22H,8-9H2,1H3. The van der Waals surface area contributed by atoms with E-state index >= 15 is 0 Å². The van der Waals surface area contributed by atoms with Crippen LogP contribution in [0, 0.1) is 0 Å². The zero-order chi connectivity index (χ0) is 16.8. The van der Waals surface area contributed by atoms with E-state index in [-0.39, 0.29) is 0 Å². The van der Waals surface area contributed by atoms with Gasteiger partial charge in [-0.1, -0.05) is 0 Å². The minimum atomic E-state index is 0.970. The van der Waals surface area contributed by atoms with Crippen molar-refractivity contribution in [3.63, 3.8) is 0 Å². The summed E-state index contributed by atoms with van der Waals surface area (Å²) in [5, 5.41) is 0. The minimum absolute atomic E-state index is 0.970. The third-order valence-corrected chi connectivity index (χ3v) is 4.83. The molecule has 0 amide bonds. The van der Waals surface area contributed by atoms with Crippen LogP contribution in [0.3, 0.4) is 0 Å². The molecule has 0 spiro atoms. The van der Waals surface area contributed by atoms with E-state index in [1.807, 2.05) is 0 Å². The fourth-order valence-corrected chi connectivity index (χ4v) is 3.48. The number of hydrogen-bond acceptors (Lipinski definition) is 2. The van der Waals surface area contributed by atoms with Gasteiger partial charge in [0.05, 0.1) is 22.8 Å². The number of fused-ring (bicyclic) bond motifs is 8. The first-order chi connectivity index (χ1) is 12.2. The lowest BCUT2D eigenvalue weighted by molar-refractivity contribution is 0.869. The lowest BCUT2D eigenvalue weighted by Crippen LogP contribution is -1.93. The number of hydrogen-bond donors (Lipinski definition) is 1. The summed E-state index contributed by atoms with van der Waals surface area (Å²) in [7, 11) is 2.12. The van der Waals surface area contributed by atoms with Gasteiger partial charge in [0.2, 0.25) is 0 Å². The van der Waals surface area contributed by atoms with E-state index in [2.05, 4.69) is 77.3 Å². The molecule has 25 heavy (non-hydrogen) atoms. The highest BCUT2D eigenvalue weighted by atomic mass is 15.0. The van der Waals surface area contributed by atoms with E-state index in [1.165, 1.54) is 11.4 Å². The number of aromatic nitrogens is 4. The van der Waals surface area contributed by atoms with Crippen molar-refractivity contribution in [3.05, 3.63) is 70.6 Å². The van der Waals surface area contributed by atoms with Crippen molar-refractivity contribution < 1.29 is 0 Å². The van der Waals surface area contributed by atoms with Gasteiger partial charge < -0.3 is 9.55 Å². The van der Waals surface area contributed by atoms with E-state index in [0.717, 1.165) is 46.7 Å². The van der Waals surface area contributed by atoms with Crippen molar-refractivity contribution in [2.24, 2.45) is 7.05 Å². The topological polar surface area (TPSA) is 46.5 Å². The van der Waals surface area contributed by atoms with E-state index in [1.54, 1.807) is 0 Å². The Morgan fingerprint density at radius 3 is 1.64 bits per heavy atom. The molecule has 1 N–H and O–H groups in total. The Hall–Kier alpha value is -3.14. The summed E-state index contributed by atoms with van der Waals surface area (Å²) in [6.07, 6.45) is 10.3. The van der Waals surface area contributed by atoms with Gasteiger partial charge >= 0.3 is 0 Å². The van der Waals surface area contributed by atoms with E-state index in [9.17, 15) is 0 Å². The van der Waals surface area contributed by atoms with Crippen LogP contribution in [0.2, 0.25) is 0 Å². The van der Waals surface area contributed by atoms with Crippen LogP contribution >= 0.6 is 0 Å². The molecule has 5 rings (SSSR count). The Balaban J connectivity index is 1.84. The van der Waals surface area contributed by atoms with Crippen LogP contribution in [0.1, 0.15) is 34.2 Å². The first-order valence-electron chi connectivity index (χ1n) is 8.54. The third kappa shape index (κ3) is 2.66. The van der Waals surface area contributed by atoms with Crippen LogP contribution in [-0.4, -0.2) is 19.5 Å². The first kappa shape index (κ1) is 14.2. The van der Waals surface area contributed by atoms with Crippen LogP contribution in [0.25, 0.3) is 35.3 Å². The monoisotopic (exact) mass is 326 g/mol. The molecule has 0 saturated heterocycles. The fourth-order valence-electron chi connectivity index (χ4n) is 3.48. The van der Waals surface area contributed by atoms with Gasteiger partial charge in [0.15, 0.2) is 0 Å². The highest BCUT2D eigenvalue weighted by Crippen LogP contribution is 2.20. The van der Waals surface area contributed by atoms with Gasteiger partial charge in [-0.3, -0.25) is 0 Å². The quantitative estimate of drug-likeness (QED) is 0.527. The van der Waals surface area contributed by atoms with Crippen molar-refractivity contribution in [1.29, 1.82) is 0 Å². The zero-order valence-electron chi connectivity index (χ0n) is 14.0. The second-order valence-electron chi connectivity index (χ2n) is 6.58. The Bertz CT molecular complexity index is 1030. The predicted molar refractivity (Wildman–Crippen MR) is 102 cm³/mol. The fraction of sp³-hybridized carbons (Fsp3) is 0.143.